The largest absolute Gasteiger partial charge is 0.478 e. The lowest BCUT2D eigenvalue weighted by atomic mass is 10.0. The molecular formula is C18H14N2O2. The van der Waals surface area contributed by atoms with Crippen molar-refractivity contribution in [2.45, 2.75) is 6.92 Å². The number of aryl methyl sites for hydroxylation is 1. The molecule has 0 aliphatic carbocycles. The predicted molar refractivity (Wildman–Crippen MR) is 87.3 cm³/mol. The van der Waals surface area contributed by atoms with Gasteiger partial charge in [-0.2, -0.15) is 0 Å². The number of H-pyrrole nitrogens is 2. The molecule has 0 radical (unpaired) electrons. The molecule has 4 rings (SSSR count). The number of rotatable bonds is 2. The average molecular weight is 290 g/mol. The zero-order chi connectivity index (χ0) is 15.3. The van der Waals surface area contributed by atoms with Gasteiger partial charge in [-0.05, 0) is 37.3 Å². The second-order valence-corrected chi connectivity index (χ2v) is 5.52. The first-order chi connectivity index (χ1) is 10.6. The second-order valence-electron chi connectivity index (χ2n) is 5.52. The Kier molecular flexibility index (Phi) is 2.60. The minimum absolute atomic E-state index is 0.296. The Labute approximate surface area is 126 Å². The van der Waals surface area contributed by atoms with Crippen molar-refractivity contribution < 1.29 is 9.90 Å². The van der Waals surface area contributed by atoms with Crippen molar-refractivity contribution in [1.82, 2.24) is 9.97 Å². The van der Waals surface area contributed by atoms with E-state index in [1.165, 1.54) is 5.56 Å². The quantitative estimate of drug-likeness (QED) is 0.514. The summed E-state index contributed by atoms with van der Waals surface area (Å²) < 4.78 is 0. The molecule has 3 N–H and O–H groups in total. The summed E-state index contributed by atoms with van der Waals surface area (Å²) in [6.07, 6.45) is 3.90. The van der Waals surface area contributed by atoms with Gasteiger partial charge in [0.15, 0.2) is 0 Å². The third kappa shape index (κ3) is 1.81. The van der Waals surface area contributed by atoms with Gasteiger partial charge in [-0.25, -0.2) is 4.79 Å². The maximum atomic E-state index is 11.2. The topological polar surface area (TPSA) is 68.9 Å². The number of hydrogen-bond donors (Lipinski definition) is 3. The summed E-state index contributed by atoms with van der Waals surface area (Å²) >= 11 is 0. The third-order valence-electron chi connectivity index (χ3n) is 4.06. The molecule has 0 aliphatic rings. The molecule has 0 spiro atoms. The van der Waals surface area contributed by atoms with Crippen molar-refractivity contribution in [1.29, 1.82) is 0 Å². The maximum Gasteiger partial charge on any atom is 0.335 e. The van der Waals surface area contributed by atoms with Gasteiger partial charge in [0.25, 0.3) is 0 Å². The molecular weight excluding hydrogens is 276 g/mol. The summed E-state index contributed by atoms with van der Waals surface area (Å²) in [4.78, 5) is 17.7. The van der Waals surface area contributed by atoms with Crippen molar-refractivity contribution in [3.8, 4) is 11.1 Å². The molecule has 0 saturated carbocycles. The van der Waals surface area contributed by atoms with Gasteiger partial charge < -0.3 is 15.1 Å². The van der Waals surface area contributed by atoms with Gasteiger partial charge in [0.2, 0.25) is 0 Å². The second kappa shape index (κ2) is 4.49. The van der Waals surface area contributed by atoms with Crippen molar-refractivity contribution in [3.63, 3.8) is 0 Å². The van der Waals surface area contributed by atoms with E-state index in [1.54, 1.807) is 12.1 Å². The van der Waals surface area contributed by atoms with E-state index in [-0.39, 0.29) is 0 Å². The number of hydrogen-bond acceptors (Lipinski definition) is 1. The zero-order valence-electron chi connectivity index (χ0n) is 12.0. The number of carbonyl (C=O) groups is 1. The van der Waals surface area contributed by atoms with Crippen molar-refractivity contribution >= 4 is 27.8 Å². The third-order valence-corrected chi connectivity index (χ3v) is 4.06. The van der Waals surface area contributed by atoms with Gasteiger partial charge in [0.1, 0.15) is 0 Å². The minimum Gasteiger partial charge on any atom is -0.478 e. The van der Waals surface area contributed by atoms with Crippen LogP contribution in [0.25, 0.3) is 32.9 Å². The Bertz CT molecular complexity index is 1020. The fourth-order valence-electron chi connectivity index (χ4n) is 2.93. The van der Waals surface area contributed by atoms with Crippen LogP contribution >= 0.6 is 0 Å². The van der Waals surface area contributed by atoms with Gasteiger partial charge >= 0.3 is 5.97 Å². The van der Waals surface area contributed by atoms with Crippen LogP contribution < -0.4 is 0 Å². The lowest BCUT2D eigenvalue weighted by Crippen LogP contribution is -1.94. The van der Waals surface area contributed by atoms with E-state index in [2.05, 4.69) is 35.1 Å². The molecule has 4 heteroatoms. The summed E-state index contributed by atoms with van der Waals surface area (Å²) in [7, 11) is 0. The van der Waals surface area contributed by atoms with Gasteiger partial charge in [-0.1, -0.05) is 11.6 Å². The van der Waals surface area contributed by atoms with Crippen LogP contribution in [0.1, 0.15) is 15.9 Å². The van der Waals surface area contributed by atoms with Crippen molar-refractivity contribution in [2.24, 2.45) is 0 Å². The van der Waals surface area contributed by atoms with E-state index in [4.69, 9.17) is 0 Å². The highest BCUT2D eigenvalue weighted by atomic mass is 16.4. The van der Waals surface area contributed by atoms with E-state index in [0.29, 0.717) is 5.56 Å². The fourth-order valence-corrected chi connectivity index (χ4v) is 2.93. The van der Waals surface area contributed by atoms with Crippen LogP contribution in [0.5, 0.6) is 0 Å². The number of carboxylic acid groups (broad SMARTS) is 1. The Balaban J connectivity index is 2.01. The number of fused-ring (bicyclic) bond motifs is 2. The molecule has 4 nitrogen and oxygen atoms in total. The molecule has 0 atom stereocenters. The molecule has 0 amide bonds. The van der Waals surface area contributed by atoms with E-state index in [9.17, 15) is 9.90 Å². The smallest absolute Gasteiger partial charge is 0.335 e. The normalized spacial score (nSPS) is 11.3. The maximum absolute atomic E-state index is 11.2. The lowest BCUT2D eigenvalue weighted by molar-refractivity contribution is 0.0697. The van der Waals surface area contributed by atoms with Crippen molar-refractivity contribution in [3.05, 3.63) is 59.9 Å². The minimum atomic E-state index is -0.913. The molecule has 22 heavy (non-hydrogen) atoms. The van der Waals surface area contributed by atoms with E-state index >= 15 is 0 Å². The number of aromatic amines is 2. The zero-order valence-corrected chi connectivity index (χ0v) is 12.0. The Morgan fingerprint density at radius 2 is 1.50 bits per heavy atom. The highest BCUT2D eigenvalue weighted by molar-refractivity contribution is 6.06. The van der Waals surface area contributed by atoms with Gasteiger partial charge in [-0.3, -0.25) is 0 Å². The van der Waals surface area contributed by atoms with Gasteiger partial charge in [0.05, 0.1) is 5.56 Å². The first-order valence-corrected chi connectivity index (χ1v) is 7.06. The van der Waals surface area contributed by atoms with E-state index in [1.807, 2.05) is 18.5 Å². The Morgan fingerprint density at radius 3 is 2.14 bits per heavy atom. The summed E-state index contributed by atoms with van der Waals surface area (Å²) in [6.45, 7) is 2.06. The van der Waals surface area contributed by atoms with Gasteiger partial charge in [-0.15, -0.1) is 0 Å². The molecule has 0 saturated heterocycles. The predicted octanol–water partition coefficient (Wildman–Crippen LogP) is 4.32. The average Bonchev–Trinajstić information content (AvgIpc) is 3.09. The highest BCUT2D eigenvalue weighted by Gasteiger charge is 2.13. The molecule has 0 aliphatic heterocycles. The molecule has 0 fully saturated rings. The Morgan fingerprint density at radius 1 is 0.909 bits per heavy atom. The molecule has 108 valence electrons. The first kappa shape index (κ1) is 12.7. The van der Waals surface area contributed by atoms with Crippen LogP contribution in [0.15, 0.2) is 48.8 Å². The summed E-state index contributed by atoms with van der Waals surface area (Å²) in [5.74, 6) is -0.913. The molecule has 0 bridgehead atoms. The van der Waals surface area contributed by atoms with Crippen LogP contribution in [0.3, 0.4) is 0 Å². The highest BCUT2D eigenvalue weighted by Crippen LogP contribution is 2.34. The Hall–Kier alpha value is -3.01. The van der Waals surface area contributed by atoms with Crippen molar-refractivity contribution in [2.75, 3.05) is 0 Å². The van der Waals surface area contributed by atoms with Crippen LogP contribution in [-0.2, 0) is 0 Å². The summed E-state index contributed by atoms with van der Waals surface area (Å²) in [5, 5.41) is 11.3. The summed E-state index contributed by atoms with van der Waals surface area (Å²) in [5.41, 5.74) is 5.58. The van der Waals surface area contributed by atoms with E-state index < -0.39 is 5.97 Å². The fraction of sp³-hybridized carbons (Fsp3) is 0.0556. The molecule has 2 heterocycles. The van der Waals surface area contributed by atoms with Crippen LogP contribution in [0.4, 0.5) is 0 Å². The number of benzene rings is 2. The molecule has 4 aromatic rings. The van der Waals surface area contributed by atoms with Crippen LogP contribution in [0, 0.1) is 6.92 Å². The number of nitrogens with one attached hydrogen (secondary N) is 2. The van der Waals surface area contributed by atoms with Crippen LogP contribution in [-0.4, -0.2) is 21.0 Å². The molecule has 0 unspecified atom stereocenters. The lowest BCUT2D eigenvalue weighted by Gasteiger charge is -2.00. The summed E-state index contributed by atoms with van der Waals surface area (Å²) in [6, 6.07) is 11.4. The van der Waals surface area contributed by atoms with E-state index in [0.717, 1.165) is 32.9 Å². The number of carboxylic acids is 1. The molecule has 2 aromatic carbocycles. The molecule has 2 aromatic heterocycles. The number of aromatic carboxylic acids is 1. The monoisotopic (exact) mass is 290 g/mol. The van der Waals surface area contributed by atoms with Gasteiger partial charge in [0, 0.05) is 45.3 Å². The number of aromatic nitrogens is 2. The van der Waals surface area contributed by atoms with Crippen LogP contribution in [0.2, 0.25) is 0 Å². The standard InChI is InChI=1S/C18H14N2O2/c1-10-2-4-16-12(6-10)14(8-19-16)15-9-20-17-5-3-11(18(21)22)7-13(15)17/h2-9,19-20H,1H3,(H,21,22). The first-order valence-electron chi connectivity index (χ1n) is 7.06. The SMILES string of the molecule is Cc1ccc2[nH]cc(-c3c[nH]c4ccc(C(=O)O)cc34)c2c1.